The van der Waals surface area contributed by atoms with Gasteiger partial charge in [-0.3, -0.25) is 4.90 Å². The number of rotatable bonds is 9. The average Bonchev–Trinajstić information content (AvgIpc) is 3.22. The zero-order chi connectivity index (χ0) is 31.2. The lowest BCUT2D eigenvalue weighted by molar-refractivity contribution is -0.0592. The number of ether oxygens (including phenoxy) is 4. The van der Waals surface area contributed by atoms with Crippen LogP contribution in [0.15, 0.2) is 48.5 Å². The normalized spacial score (nSPS) is 23.2. The standard InChI is InChI=1S/C35H37FN4O6/c36-29-11-21(26-18-44-19-26)1-2-23(29)20-46-33-6-4-24-16-43-17-25-13-39(9-7-28(25)34(24)38-33)15-32-37-30-5-3-22(35(41)42)12-31(30)40(32)14-27-8-10-45-27/h1-6,11-12,25-28H,7-10,13-20H2,(H,41,42)/t25-,27-,28-/m0/s1. The summed E-state index contributed by atoms with van der Waals surface area (Å²) in [6.07, 6.45) is 2.01. The van der Waals surface area contributed by atoms with Gasteiger partial charge in [0.15, 0.2) is 0 Å². The van der Waals surface area contributed by atoms with Gasteiger partial charge >= 0.3 is 5.97 Å². The predicted octanol–water partition coefficient (Wildman–Crippen LogP) is 4.89. The molecule has 4 aliphatic rings. The van der Waals surface area contributed by atoms with Crippen molar-refractivity contribution in [2.45, 2.75) is 57.1 Å². The number of hydrogen-bond acceptors (Lipinski definition) is 8. The Bertz CT molecular complexity index is 1770. The molecule has 240 valence electrons. The van der Waals surface area contributed by atoms with E-state index in [4.69, 9.17) is 28.9 Å². The minimum absolute atomic E-state index is 0.109. The van der Waals surface area contributed by atoms with Crippen molar-refractivity contribution in [1.82, 2.24) is 19.4 Å². The molecule has 3 fully saturated rings. The molecule has 0 bridgehead atoms. The third-order valence-electron chi connectivity index (χ3n) is 9.93. The van der Waals surface area contributed by atoms with Crippen molar-refractivity contribution in [2.24, 2.45) is 5.92 Å². The number of halogens is 1. The summed E-state index contributed by atoms with van der Waals surface area (Å²) in [5, 5.41) is 9.58. The van der Waals surface area contributed by atoms with Gasteiger partial charge in [-0.2, -0.15) is 0 Å². The molecule has 0 aliphatic carbocycles. The first-order chi connectivity index (χ1) is 22.5. The largest absolute Gasteiger partial charge is 0.478 e. The molecule has 0 saturated carbocycles. The number of hydrogen-bond donors (Lipinski definition) is 1. The van der Waals surface area contributed by atoms with Gasteiger partial charge in [0, 0.05) is 42.5 Å². The van der Waals surface area contributed by atoms with E-state index in [1.165, 1.54) is 0 Å². The fourth-order valence-corrected chi connectivity index (χ4v) is 7.09. The van der Waals surface area contributed by atoms with Crippen molar-refractivity contribution in [1.29, 1.82) is 0 Å². The van der Waals surface area contributed by atoms with E-state index >= 15 is 0 Å². The SMILES string of the molecule is O=C(O)c1ccc2nc(CN3CC[C@@H]4c5nc(OCc6ccc(C7COC7)cc6F)ccc5COC[C@@H]4C3)n(C[C@@H]3CCO3)c2c1. The Kier molecular flexibility index (Phi) is 7.93. The van der Waals surface area contributed by atoms with Crippen LogP contribution in [0.25, 0.3) is 11.0 Å². The number of pyridine rings is 1. The van der Waals surface area contributed by atoms with Crippen LogP contribution in [0.3, 0.4) is 0 Å². The number of benzene rings is 2. The molecule has 10 nitrogen and oxygen atoms in total. The summed E-state index contributed by atoms with van der Waals surface area (Å²) in [5.41, 5.74) is 5.42. The summed E-state index contributed by atoms with van der Waals surface area (Å²) in [6, 6.07) is 14.3. The van der Waals surface area contributed by atoms with E-state index in [9.17, 15) is 14.3 Å². The molecule has 11 heteroatoms. The minimum Gasteiger partial charge on any atom is -0.478 e. The van der Waals surface area contributed by atoms with Gasteiger partial charge in [0.1, 0.15) is 18.2 Å². The quantitative estimate of drug-likeness (QED) is 0.277. The Hall–Kier alpha value is -3.90. The van der Waals surface area contributed by atoms with Gasteiger partial charge in [-0.15, -0.1) is 0 Å². The van der Waals surface area contributed by atoms with Gasteiger partial charge in [-0.1, -0.05) is 12.1 Å². The fourth-order valence-electron chi connectivity index (χ4n) is 7.09. The van der Waals surface area contributed by atoms with Crippen LogP contribution >= 0.6 is 0 Å². The fraction of sp³-hybridized carbons (Fsp3) is 0.457. The summed E-state index contributed by atoms with van der Waals surface area (Å²) in [6.45, 7) is 6.27. The summed E-state index contributed by atoms with van der Waals surface area (Å²) in [7, 11) is 0. The Morgan fingerprint density at radius 1 is 1.04 bits per heavy atom. The van der Waals surface area contributed by atoms with E-state index in [0.29, 0.717) is 51.0 Å². The molecule has 1 N–H and O–H groups in total. The topological polar surface area (TPSA) is 108 Å². The molecule has 4 aliphatic heterocycles. The van der Waals surface area contributed by atoms with Crippen LogP contribution in [0.1, 0.15) is 63.2 Å². The van der Waals surface area contributed by atoms with Gasteiger partial charge in [0.05, 0.1) is 67.9 Å². The van der Waals surface area contributed by atoms with E-state index < -0.39 is 5.97 Å². The highest BCUT2D eigenvalue weighted by Gasteiger charge is 2.36. The maximum absolute atomic E-state index is 14.8. The number of fused-ring (bicyclic) bond motifs is 4. The van der Waals surface area contributed by atoms with E-state index in [1.54, 1.807) is 30.3 Å². The molecule has 2 aromatic carbocycles. The summed E-state index contributed by atoms with van der Waals surface area (Å²) >= 11 is 0. The van der Waals surface area contributed by atoms with Crippen molar-refractivity contribution in [2.75, 3.05) is 39.5 Å². The number of aromatic nitrogens is 3. The monoisotopic (exact) mass is 628 g/mol. The number of carboxylic acids is 1. The Balaban J connectivity index is 0.973. The van der Waals surface area contributed by atoms with Crippen molar-refractivity contribution < 1.29 is 33.2 Å². The van der Waals surface area contributed by atoms with Crippen LogP contribution in [-0.2, 0) is 40.5 Å². The van der Waals surface area contributed by atoms with Crippen LogP contribution in [0.5, 0.6) is 5.88 Å². The van der Waals surface area contributed by atoms with Gasteiger partial charge in [0.25, 0.3) is 0 Å². The molecule has 0 amide bonds. The maximum Gasteiger partial charge on any atom is 0.335 e. The maximum atomic E-state index is 14.8. The molecule has 0 radical (unpaired) electrons. The third kappa shape index (κ3) is 5.77. The third-order valence-corrected chi connectivity index (χ3v) is 9.93. The van der Waals surface area contributed by atoms with Gasteiger partial charge in [0.2, 0.25) is 5.88 Å². The molecule has 8 rings (SSSR count). The number of carbonyl (C=O) groups is 1. The summed E-state index contributed by atoms with van der Waals surface area (Å²) in [5.74, 6) is 0.920. The first-order valence-electron chi connectivity index (χ1n) is 16.1. The molecule has 3 saturated heterocycles. The second-order valence-corrected chi connectivity index (χ2v) is 12.9. The lowest BCUT2D eigenvalue weighted by Gasteiger charge is -2.37. The molecule has 0 spiro atoms. The Morgan fingerprint density at radius 2 is 1.93 bits per heavy atom. The van der Waals surface area contributed by atoms with Crippen LogP contribution in [0.2, 0.25) is 0 Å². The van der Waals surface area contributed by atoms with Crippen LogP contribution in [0, 0.1) is 11.7 Å². The van der Waals surface area contributed by atoms with Crippen molar-refractivity contribution in [3.05, 3.63) is 88.1 Å². The van der Waals surface area contributed by atoms with E-state index in [1.807, 2.05) is 18.2 Å². The highest BCUT2D eigenvalue weighted by Crippen LogP contribution is 2.38. The number of carboxylic acid groups (broad SMARTS) is 1. The molecule has 4 aromatic rings. The second kappa shape index (κ2) is 12.4. The molecule has 3 atom stereocenters. The highest BCUT2D eigenvalue weighted by molar-refractivity contribution is 5.92. The zero-order valence-corrected chi connectivity index (χ0v) is 25.6. The molecular weight excluding hydrogens is 591 g/mol. The molecule has 6 heterocycles. The lowest BCUT2D eigenvalue weighted by atomic mass is 9.82. The smallest absolute Gasteiger partial charge is 0.335 e. The first-order valence-corrected chi connectivity index (χ1v) is 16.1. The van der Waals surface area contributed by atoms with Crippen LogP contribution < -0.4 is 4.74 Å². The van der Waals surface area contributed by atoms with E-state index in [-0.39, 0.29) is 41.8 Å². The summed E-state index contributed by atoms with van der Waals surface area (Å²) < 4.78 is 40.1. The lowest BCUT2D eigenvalue weighted by Crippen LogP contribution is -2.41. The first kappa shape index (κ1) is 29.5. The van der Waals surface area contributed by atoms with Crippen LogP contribution in [-0.4, -0.2) is 76.1 Å². The molecular formula is C35H37FN4O6. The zero-order valence-electron chi connectivity index (χ0n) is 25.6. The minimum atomic E-state index is -0.949. The molecule has 2 aromatic heterocycles. The number of piperidine rings is 1. The van der Waals surface area contributed by atoms with Gasteiger partial charge < -0.3 is 28.6 Å². The number of imidazole rings is 1. The highest BCUT2D eigenvalue weighted by atomic mass is 19.1. The second-order valence-electron chi connectivity index (χ2n) is 12.9. The molecule has 46 heavy (non-hydrogen) atoms. The Labute approximate surface area is 266 Å². The van der Waals surface area contributed by atoms with Crippen molar-refractivity contribution >= 4 is 17.0 Å². The number of nitrogens with zero attached hydrogens (tertiary/aromatic N) is 4. The van der Waals surface area contributed by atoms with Gasteiger partial charge in [-0.25, -0.2) is 19.2 Å². The average molecular weight is 629 g/mol. The molecule has 0 unspecified atom stereocenters. The summed E-state index contributed by atoms with van der Waals surface area (Å²) in [4.78, 5) is 24.0. The van der Waals surface area contributed by atoms with Crippen molar-refractivity contribution in [3.8, 4) is 5.88 Å². The van der Waals surface area contributed by atoms with Crippen molar-refractivity contribution in [3.63, 3.8) is 0 Å². The predicted molar refractivity (Wildman–Crippen MR) is 165 cm³/mol. The van der Waals surface area contributed by atoms with Crippen LogP contribution in [0.4, 0.5) is 4.39 Å². The number of aromatic carboxylic acids is 1. The van der Waals surface area contributed by atoms with Gasteiger partial charge in [-0.05, 0) is 60.8 Å². The number of likely N-dealkylation sites (tertiary alicyclic amines) is 1. The van der Waals surface area contributed by atoms with E-state index in [0.717, 1.165) is 66.2 Å². The Morgan fingerprint density at radius 3 is 2.70 bits per heavy atom. The van der Waals surface area contributed by atoms with E-state index in [2.05, 4.69) is 9.47 Å².